The first kappa shape index (κ1) is 11.7. The molecule has 0 saturated carbocycles. The third-order valence-corrected chi connectivity index (χ3v) is 1.93. The van der Waals surface area contributed by atoms with Crippen LogP contribution in [0.4, 0.5) is 5.82 Å². The van der Waals surface area contributed by atoms with E-state index >= 15 is 0 Å². The number of aromatic nitrogens is 2. The molecule has 0 bridgehead atoms. The van der Waals surface area contributed by atoms with Crippen molar-refractivity contribution in [2.24, 2.45) is 0 Å². The summed E-state index contributed by atoms with van der Waals surface area (Å²) >= 11 is 5.51. The van der Waals surface area contributed by atoms with Crippen molar-refractivity contribution in [3.05, 3.63) is 17.0 Å². The summed E-state index contributed by atoms with van der Waals surface area (Å²) in [5, 5.41) is 27.3. The van der Waals surface area contributed by atoms with Crippen LogP contribution in [0, 0.1) is 11.3 Å². The molecule has 0 radical (unpaired) electrons. The van der Waals surface area contributed by atoms with Crippen LogP contribution < -0.4 is 5.73 Å². The molecular formula is C8H9ClN4O2. The Balaban J connectivity index is 2.91. The number of aliphatic hydroxyl groups excluding tert-OH is 2. The first-order valence-electron chi connectivity index (χ1n) is 4.07. The molecule has 0 aliphatic heterocycles. The summed E-state index contributed by atoms with van der Waals surface area (Å²) in [6.07, 6.45) is -1.59. The van der Waals surface area contributed by atoms with E-state index in [0.29, 0.717) is 0 Å². The fraction of sp³-hybridized carbons (Fsp3) is 0.375. The van der Waals surface area contributed by atoms with Crippen molar-refractivity contribution in [2.75, 3.05) is 5.73 Å². The Morgan fingerprint density at radius 1 is 1.60 bits per heavy atom. The van der Waals surface area contributed by atoms with Crippen LogP contribution >= 0.6 is 11.6 Å². The minimum Gasteiger partial charge on any atom is -0.389 e. The van der Waals surface area contributed by atoms with Crippen molar-refractivity contribution >= 4 is 17.4 Å². The number of anilines is 1. The lowest BCUT2D eigenvalue weighted by atomic mass is 10.1. The van der Waals surface area contributed by atoms with Crippen LogP contribution in [0.15, 0.2) is 6.20 Å². The fourth-order valence-electron chi connectivity index (χ4n) is 1.01. The third-order valence-electron chi connectivity index (χ3n) is 1.74. The highest BCUT2D eigenvalue weighted by molar-refractivity contribution is 6.29. The maximum atomic E-state index is 9.57. The minimum absolute atomic E-state index is 0.0159. The SMILES string of the molecule is N#CCC(O)C(O)c1ncc(Cl)nc1N. The quantitative estimate of drug-likeness (QED) is 0.672. The smallest absolute Gasteiger partial charge is 0.149 e. The van der Waals surface area contributed by atoms with E-state index < -0.39 is 12.2 Å². The van der Waals surface area contributed by atoms with Gasteiger partial charge in [-0.05, 0) is 0 Å². The predicted octanol–water partition coefficient (Wildman–Crippen LogP) is 0.0202. The number of halogens is 1. The average Bonchev–Trinajstić information content (AvgIpc) is 2.17. The maximum absolute atomic E-state index is 9.57. The number of hydrogen-bond donors (Lipinski definition) is 3. The van der Waals surface area contributed by atoms with Gasteiger partial charge in [0.25, 0.3) is 0 Å². The molecule has 6 nitrogen and oxygen atoms in total. The zero-order valence-electron chi connectivity index (χ0n) is 7.63. The van der Waals surface area contributed by atoms with Gasteiger partial charge in [0.2, 0.25) is 0 Å². The summed E-state index contributed by atoms with van der Waals surface area (Å²) in [4.78, 5) is 7.41. The third kappa shape index (κ3) is 2.76. The van der Waals surface area contributed by atoms with Crippen molar-refractivity contribution in [3.63, 3.8) is 0 Å². The molecule has 0 aliphatic rings. The van der Waals surface area contributed by atoms with Crippen LogP contribution in [0.3, 0.4) is 0 Å². The molecule has 2 unspecified atom stereocenters. The zero-order chi connectivity index (χ0) is 11.4. The van der Waals surface area contributed by atoms with E-state index in [1.807, 2.05) is 0 Å². The molecule has 4 N–H and O–H groups in total. The number of rotatable bonds is 3. The molecule has 1 aromatic rings. The minimum atomic E-state index is -1.34. The lowest BCUT2D eigenvalue weighted by Gasteiger charge is -2.15. The van der Waals surface area contributed by atoms with Gasteiger partial charge in [0, 0.05) is 0 Å². The monoisotopic (exact) mass is 228 g/mol. The highest BCUT2D eigenvalue weighted by atomic mass is 35.5. The molecule has 0 spiro atoms. The van der Waals surface area contributed by atoms with Crippen molar-refractivity contribution in [2.45, 2.75) is 18.6 Å². The van der Waals surface area contributed by atoms with Gasteiger partial charge < -0.3 is 15.9 Å². The van der Waals surface area contributed by atoms with Crippen molar-refractivity contribution < 1.29 is 10.2 Å². The lowest BCUT2D eigenvalue weighted by Crippen LogP contribution is -2.20. The van der Waals surface area contributed by atoms with Crippen LogP contribution in [0.1, 0.15) is 18.2 Å². The van der Waals surface area contributed by atoms with Crippen molar-refractivity contribution in [3.8, 4) is 6.07 Å². The Labute approximate surface area is 91.0 Å². The van der Waals surface area contributed by atoms with E-state index in [-0.39, 0.29) is 23.1 Å². The highest BCUT2D eigenvalue weighted by Crippen LogP contribution is 2.21. The number of nitrogen functional groups attached to an aromatic ring is 1. The lowest BCUT2D eigenvalue weighted by molar-refractivity contribution is 0.0193. The van der Waals surface area contributed by atoms with Gasteiger partial charge in [-0.3, -0.25) is 4.98 Å². The summed E-state index contributed by atoms with van der Waals surface area (Å²) < 4.78 is 0. The molecule has 0 saturated heterocycles. The van der Waals surface area contributed by atoms with Crippen molar-refractivity contribution in [1.29, 1.82) is 5.26 Å². The molecule has 1 rings (SSSR count). The summed E-state index contributed by atoms with van der Waals surface area (Å²) in [5.74, 6) is -0.0630. The normalized spacial score (nSPS) is 14.3. The van der Waals surface area contributed by atoms with Gasteiger partial charge in [-0.25, -0.2) is 4.98 Å². The second-order valence-electron chi connectivity index (χ2n) is 2.84. The Morgan fingerprint density at radius 3 is 2.80 bits per heavy atom. The van der Waals surface area contributed by atoms with Crippen molar-refractivity contribution in [1.82, 2.24) is 9.97 Å². The van der Waals surface area contributed by atoms with E-state index in [4.69, 9.17) is 22.6 Å². The van der Waals surface area contributed by atoms with Gasteiger partial charge in [0.1, 0.15) is 22.8 Å². The zero-order valence-corrected chi connectivity index (χ0v) is 8.39. The predicted molar refractivity (Wildman–Crippen MR) is 52.7 cm³/mol. The summed E-state index contributed by atoms with van der Waals surface area (Å²) in [6, 6.07) is 1.72. The molecule has 0 aromatic carbocycles. The molecule has 80 valence electrons. The van der Waals surface area contributed by atoms with Gasteiger partial charge in [-0.2, -0.15) is 5.26 Å². The number of aliphatic hydroxyl groups is 2. The Morgan fingerprint density at radius 2 is 2.27 bits per heavy atom. The molecule has 7 heteroatoms. The number of hydrogen-bond acceptors (Lipinski definition) is 6. The average molecular weight is 229 g/mol. The maximum Gasteiger partial charge on any atom is 0.149 e. The molecule has 0 aliphatic carbocycles. The van der Waals surface area contributed by atoms with Gasteiger partial charge in [0.05, 0.1) is 24.8 Å². The highest BCUT2D eigenvalue weighted by Gasteiger charge is 2.22. The standard InChI is InChI=1S/C8H9ClN4O2/c9-5-3-12-6(8(11)13-5)7(15)4(14)1-2-10/h3-4,7,14-15H,1H2,(H2,11,13). The van der Waals surface area contributed by atoms with Crippen LogP contribution in [0.25, 0.3) is 0 Å². The van der Waals surface area contributed by atoms with E-state index in [0.717, 1.165) is 0 Å². The largest absolute Gasteiger partial charge is 0.389 e. The fourth-order valence-corrected chi connectivity index (χ4v) is 1.15. The molecule has 2 atom stereocenters. The Hall–Kier alpha value is -1.42. The summed E-state index contributed by atoms with van der Waals surface area (Å²) in [7, 11) is 0. The first-order chi connectivity index (χ1) is 7.06. The van der Waals surface area contributed by atoms with Gasteiger partial charge in [-0.1, -0.05) is 11.6 Å². The van der Waals surface area contributed by atoms with Crippen LogP contribution in [0.5, 0.6) is 0 Å². The molecule has 0 amide bonds. The summed E-state index contributed by atoms with van der Waals surface area (Å²) in [6.45, 7) is 0. The van der Waals surface area contributed by atoms with Gasteiger partial charge >= 0.3 is 0 Å². The summed E-state index contributed by atoms with van der Waals surface area (Å²) in [5.41, 5.74) is 5.46. The van der Waals surface area contributed by atoms with E-state index in [2.05, 4.69) is 9.97 Å². The molecule has 1 aromatic heterocycles. The molecular weight excluding hydrogens is 220 g/mol. The number of nitrogens with two attached hydrogens (primary N) is 1. The topological polar surface area (TPSA) is 116 Å². The number of nitriles is 1. The second-order valence-corrected chi connectivity index (χ2v) is 3.22. The molecule has 15 heavy (non-hydrogen) atoms. The van der Waals surface area contributed by atoms with Gasteiger partial charge in [-0.15, -0.1) is 0 Å². The Bertz CT molecular complexity index is 393. The molecule has 0 fully saturated rings. The second kappa shape index (κ2) is 4.89. The Kier molecular flexibility index (Phi) is 3.80. The van der Waals surface area contributed by atoms with Crippen LogP contribution in [0.2, 0.25) is 5.15 Å². The van der Waals surface area contributed by atoms with E-state index in [1.165, 1.54) is 6.20 Å². The first-order valence-corrected chi connectivity index (χ1v) is 4.45. The van der Waals surface area contributed by atoms with Gasteiger partial charge in [0.15, 0.2) is 0 Å². The number of nitrogens with zero attached hydrogens (tertiary/aromatic N) is 3. The van der Waals surface area contributed by atoms with E-state index in [9.17, 15) is 10.2 Å². The van der Waals surface area contributed by atoms with E-state index in [1.54, 1.807) is 6.07 Å². The van der Waals surface area contributed by atoms with Crippen LogP contribution in [-0.4, -0.2) is 26.3 Å². The van der Waals surface area contributed by atoms with Crippen LogP contribution in [-0.2, 0) is 0 Å². The molecule has 1 heterocycles.